The minimum Gasteiger partial charge on any atom is -0.380 e. The molecule has 7 heteroatoms. The van der Waals surface area contributed by atoms with Crippen molar-refractivity contribution < 1.29 is 4.74 Å². The van der Waals surface area contributed by atoms with E-state index in [1.54, 1.807) is 10.9 Å². The molecule has 2 heterocycles. The van der Waals surface area contributed by atoms with Crippen LogP contribution in [0.3, 0.4) is 0 Å². The maximum Gasteiger partial charge on any atom is 0.223 e. The van der Waals surface area contributed by atoms with Crippen LogP contribution in [-0.4, -0.2) is 33.0 Å². The van der Waals surface area contributed by atoms with Gasteiger partial charge in [-0.2, -0.15) is 5.10 Å². The van der Waals surface area contributed by atoms with E-state index < -0.39 is 0 Å². The summed E-state index contributed by atoms with van der Waals surface area (Å²) in [6, 6.07) is 0. The zero-order valence-corrected chi connectivity index (χ0v) is 10.9. The lowest BCUT2D eigenvalue weighted by molar-refractivity contribution is 0.137. The molecule has 0 aliphatic carbocycles. The number of alkyl halides is 1. The van der Waals surface area contributed by atoms with Gasteiger partial charge in [-0.15, -0.1) is 11.6 Å². The summed E-state index contributed by atoms with van der Waals surface area (Å²) < 4.78 is 7.08. The Hall–Kier alpha value is -0.910. The van der Waals surface area contributed by atoms with Crippen LogP contribution < -0.4 is 0 Å². The molecule has 2 aromatic heterocycles. The van der Waals surface area contributed by atoms with Crippen molar-refractivity contribution in [3.8, 4) is 0 Å². The molecule has 0 N–H and O–H groups in total. The van der Waals surface area contributed by atoms with Gasteiger partial charge in [-0.25, -0.2) is 9.97 Å². The van der Waals surface area contributed by atoms with Crippen LogP contribution in [0.25, 0.3) is 11.0 Å². The lowest BCUT2D eigenvalue weighted by Gasteiger charge is -2.02. The molecular formula is C10H12Cl2N4O. The maximum absolute atomic E-state index is 5.82. The van der Waals surface area contributed by atoms with Gasteiger partial charge < -0.3 is 4.74 Å². The summed E-state index contributed by atoms with van der Waals surface area (Å²) >= 11 is 11.6. The second kappa shape index (κ2) is 5.62. The van der Waals surface area contributed by atoms with E-state index in [1.165, 1.54) is 0 Å². The molecule has 0 amide bonds. The largest absolute Gasteiger partial charge is 0.380 e. The van der Waals surface area contributed by atoms with Crippen LogP contribution in [0.5, 0.6) is 0 Å². The van der Waals surface area contributed by atoms with Gasteiger partial charge in [0.15, 0.2) is 0 Å². The number of hydrogen-bond donors (Lipinski definition) is 0. The SMILES string of the molecule is CCOCCn1nc(CCl)c2nc(Cl)ncc21. The Morgan fingerprint density at radius 2 is 2.29 bits per heavy atom. The van der Waals surface area contributed by atoms with Crippen molar-refractivity contribution in [3.05, 3.63) is 17.2 Å². The standard InChI is InChI=1S/C10H12Cl2N4O/c1-2-17-4-3-16-8-6-13-10(12)14-9(8)7(5-11)15-16/h6H,2-5H2,1H3. The number of rotatable bonds is 5. The molecule has 92 valence electrons. The highest BCUT2D eigenvalue weighted by molar-refractivity contribution is 6.28. The average molecular weight is 275 g/mol. The van der Waals surface area contributed by atoms with Crippen LogP contribution in [0.4, 0.5) is 0 Å². The topological polar surface area (TPSA) is 52.8 Å². The number of hydrogen-bond acceptors (Lipinski definition) is 4. The third kappa shape index (κ3) is 2.68. The summed E-state index contributed by atoms with van der Waals surface area (Å²) in [6.45, 7) is 3.88. The van der Waals surface area contributed by atoms with Crippen LogP contribution >= 0.6 is 23.2 Å². The smallest absolute Gasteiger partial charge is 0.223 e. The Morgan fingerprint density at radius 3 is 3.00 bits per heavy atom. The minimum atomic E-state index is 0.202. The van der Waals surface area contributed by atoms with E-state index in [-0.39, 0.29) is 5.28 Å². The van der Waals surface area contributed by atoms with Gasteiger partial charge in [-0.1, -0.05) is 0 Å². The molecule has 0 saturated heterocycles. The minimum absolute atomic E-state index is 0.202. The van der Waals surface area contributed by atoms with Crippen molar-refractivity contribution in [2.75, 3.05) is 13.2 Å². The molecule has 0 fully saturated rings. The molecule has 0 aliphatic heterocycles. The fourth-order valence-corrected chi connectivity index (χ4v) is 1.87. The third-order valence-electron chi connectivity index (χ3n) is 2.31. The van der Waals surface area contributed by atoms with Gasteiger partial charge in [0.1, 0.15) is 16.7 Å². The number of fused-ring (bicyclic) bond motifs is 1. The summed E-state index contributed by atoms with van der Waals surface area (Å²) in [6.07, 6.45) is 1.65. The second-order valence-electron chi connectivity index (χ2n) is 3.37. The normalized spacial score (nSPS) is 11.2. The molecule has 0 unspecified atom stereocenters. The lowest BCUT2D eigenvalue weighted by atomic mass is 10.4. The van der Waals surface area contributed by atoms with Gasteiger partial charge in [-0.05, 0) is 18.5 Å². The highest BCUT2D eigenvalue weighted by Crippen LogP contribution is 2.18. The number of nitrogens with zero attached hydrogens (tertiary/aromatic N) is 4. The van der Waals surface area contributed by atoms with Crippen molar-refractivity contribution in [3.63, 3.8) is 0 Å². The second-order valence-corrected chi connectivity index (χ2v) is 3.98. The number of ether oxygens (including phenoxy) is 1. The van der Waals surface area contributed by atoms with E-state index in [1.807, 2.05) is 6.92 Å². The van der Waals surface area contributed by atoms with Gasteiger partial charge in [0.2, 0.25) is 5.28 Å². The van der Waals surface area contributed by atoms with Crippen molar-refractivity contribution >= 4 is 34.2 Å². The summed E-state index contributed by atoms with van der Waals surface area (Å²) in [7, 11) is 0. The molecule has 2 rings (SSSR count). The maximum atomic E-state index is 5.82. The fraction of sp³-hybridized carbons (Fsp3) is 0.500. The monoisotopic (exact) mass is 274 g/mol. The Balaban J connectivity index is 2.35. The Bertz CT molecular complexity index is 514. The third-order valence-corrected chi connectivity index (χ3v) is 2.75. The molecular weight excluding hydrogens is 263 g/mol. The van der Waals surface area contributed by atoms with Gasteiger partial charge in [0.05, 0.1) is 25.2 Å². The summed E-state index contributed by atoms with van der Waals surface area (Å²) in [5.41, 5.74) is 2.24. The number of halogens is 2. The van der Waals surface area contributed by atoms with Crippen molar-refractivity contribution in [2.45, 2.75) is 19.3 Å². The molecule has 0 atom stereocenters. The van der Waals surface area contributed by atoms with Crippen LogP contribution in [0, 0.1) is 0 Å². The van der Waals surface area contributed by atoms with Crippen LogP contribution in [-0.2, 0) is 17.2 Å². The molecule has 0 bridgehead atoms. The van der Waals surface area contributed by atoms with Gasteiger partial charge in [0.25, 0.3) is 0 Å². The van der Waals surface area contributed by atoms with E-state index in [4.69, 9.17) is 27.9 Å². The first kappa shape index (κ1) is 12.5. The van der Waals surface area contributed by atoms with E-state index in [9.17, 15) is 0 Å². The molecule has 0 aromatic carbocycles. The van der Waals surface area contributed by atoms with E-state index in [0.717, 1.165) is 5.52 Å². The first-order valence-corrected chi connectivity index (χ1v) is 6.19. The summed E-state index contributed by atoms with van der Waals surface area (Å²) in [5, 5.41) is 4.57. The zero-order chi connectivity index (χ0) is 12.3. The van der Waals surface area contributed by atoms with Crippen molar-refractivity contribution in [1.29, 1.82) is 0 Å². The van der Waals surface area contributed by atoms with Crippen molar-refractivity contribution in [2.24, 2.45) is 0 Å². The van der Waals surface area contributed by atoms with Crippen LogP contribution in [0.15, 0.2) is 6.20 Å². The van der Waals surface area contributed by atoms with Crippen LogP contribution in [0.2, 0.25) is 5.28 Å². The Morgan fingerprint density at radius 1 is 1.47 bits per heavy atom. The predicted molar refractivity (Wildman–Crippen MR) is 66.4 cm³/mol. The Labute approximate surface area is 109 Å². The Kier molecular flexibility index (Phi) is 4.15. The van der Waals surface area contributed by atoms with Crippen LogP contribution in [0.1, 0.15) is 12.6 Å². The molecule has 0 aliphatic rings. The van der Waals surface area contributed by atoms with Gasteiger partial charge >= 0.3 is 0 Å². The average Bonchev–Trinajstić information content (AvgIpc) is 2.67. The molecule has 5 nitrogen and oxygen atoms in total. The van der Waals surface area contributed by atoms with E-state index in [0.29, 0.717) is 36.8 Å². The van der Waals surface area contributed by atoms with Gasteiger partial charge in [0, 0.05) is 6.61 Å². The number of aromatic nitrogens is 4. The molecule has 2 aromatic rings. The van der Waals surface area contributed by atoms with E-state index in [2.05, 4.69) is 15.1 Å². The van der Waals surface area contributed by atoms with Crippen molar-refractivity contribution in [1.82, 2.24) is 19.7 Å². The fourth-order valence-electron chi connectivity index (χ4n) is 1.56. The predicted octanol–water partition coefficient (Wildman–Crippen LogP) is 2.25. The van der Waals surface area contributed by atoms with Gasteiger partial charge in [-0.3, -0.25) is 4.68 Å². The molecule has 0 radical (unpaired) electrons. The highest BCUT2D eigenvalue weighted by atomic mass is 35.5. The molecule has 0 saturated carbocycles. The summed E-state index contributed by atoms with van der Waals surface area (Å²) in [4.78, 5) is 8.09. The first-order chi connectivity index (χ1) is 8.26. The highest BCUT2D eigenvalue weighted by Gasteiger charge is 2.12. The lowest BCUT2D eigenvalue weighted by Crippen LogP contribution is -2.07. The van der Waals surface area contributed by atoms with E-state index >= 15 is 0 Å². The quantitative estimate of drug-likeness (QED) is 0.477. The zero-order valence-electron chi connectivity index (χ0n) is 9.36. The summed E-state index contributed by atoms with van der Waals surface area (Å²) in [5.74, 6) is 0.297. The first-order valence-electron chi connectivity index (χ1n) is 5.28. The molecule has 0 spiro atoms. The molecule has 17 heavy (non-hydrogen) atoms.